The van der Waals surface area contributed by atoms with Gasteiger partial charge in [0.2, 0.25) is 0 Å². The van der Waals surface area contributed by atoms with Gasteiger partial charge in [-0.1, -0.05) is 67.7 Å². The van der Waals surface area contributed by atoms with E-state index in [1.807, 2.05) is 43.4 Å². The van der Waals surface area contributed by atoms with Crippen LogP contribution in [0.1, 0.15) is 45.4 Å². The molecule has 0 spiro atoms. The predicted octanol–water partition coefficient (Wildman–Crippen LogP) is 3.93. The maximum absolute atomic E-state index is 10.3. The summed E-state index contributed by atoms with van der Waals surface area (Å²) >= 11 is 0. The van der Waals surface area contributed by atoms with Crippen LogP contribution >= 0.6 is 0 Å². The quantitative estimate of drug-likeness (QED) is 0.271. The number of carbonyl (C=O) groups is 1. The van der Waals surface area contributed by atoms with Crippen LogP contribution in [0.15, 0.2) is 60.8 Å². The highest BCUT2D eigenvalue weighted by Crippen LogP contribution is 2.00. The van der Waals surface area contributed by atoms with Gasteiger partial charge < -0.3 is 15.3 Å². The first-order valence-electron chi connectivity index (χ1n) is 8.45. The lowest BCUT2D eigenvalue weighted by Gasteiger charge is -1.98. The van der Waals surface area contributed by atoms with Crippen molar-refractivity contribution in [3.05, 3.63) is 60.8 Å². The molecule has 3 N–H and O–H groups in total. The zero-order chi connectivity index (χ0) is 18.0. The molecule has 0 aromatic carbocycles. The zero-order valence-corrected chi connectivity index (χ0v) is 14.4. The first-order valence-corrected chi connectivity index (χ1v) is 8.45. The van der Waals surface area contributed by atoms with Crippen LogP contribution in [-0.2, 0) is 4.79 Å². The fourth-order valence-electron chi connectivity index (χ4n) is 1.72. The predicted molar refractivity (Wildman–Crippen MR) is 98.7 cm³/mol. The van der Waals surface area contributed by atoms with Crippen molar-refractivity contribution in [2.45, 2.75) is 57.7 Å². The number of allylic oxidation sites excluding steroid dienone is 7. The van der Waals surface area contributed by atoms with E-state index in [2.05, 4.69) is 0 Å². The summed E-state index contributed by atoms with van der Waals surface area (Å²) in [6.45, 7) is 1.91. The maximum atomic E-state index is 10.3. The van der Waals surface area contributed by atoms with E-state index in [0.717, 1.165) is 12.8 Å². The van der Waals surface area contributed by atoms with Crippen LogP contribution < -0.4 is 0 Å². The number of hydrogen-bond acceptors (Lipinski definition) is 3. The van der Waals surface area contributed by atoms with E-state index in [-0.39, 0.29) is 6.42 Å². The number of hydrogen-bond donors (Lipinski definition) is 3. The number of aliphatic carboxylic acids is 1. The van der Waals surface area contributed by atoms with Crippen LogP contribution in [0.2, 0.25) is 0 Å². The minimum Gasteiger partial charge on any atom is -0.481 e. The number of carboxylic acids is 1. The van der Waals surface area contributed by atoms with E-state index in [1.54, 1.807) is 24.3 Å². The summed E-state index contributed by atoms with van der Waals surface area (Å²) in [5.74, 6) is -0.755. The third kappa shape index (κ3) is 16.5. The molecule has 134 valence electrons. The molecule has 0 bridgehead atoms. The molecule has 0 aliphatic carbocycles. The third-order valence-corrected chi connectivity index (χ3v) is 3.16. The van der Waals surface area contributed by atoms with Crippen molar-refractivity contribution in [2.24, 2.45) is 0 Å². The highest BCUT2D eigenvalue weighted by Gasteiger charge is 1.94. The van der Waals surface area contributed by atoms with Crippen molar-refractivity contribution >= 4 is 5.97 Å². The molecule has 2 atom stereocenters. The van der Waals surface area contributed by atoms with Gasteiger partial charge in [-0.3, -0.25) is 4.79 Å². The molecule has 0 radical (unpaired) electrons. The third-order valence-electron chi connectivity index (χ3n) is 3.16. The van der Waals surface area contributed by atoms with Gasteiger partial charge in [0.1, 0.15) is 0 Å². The molecule has 0 saturated carbocycles. The smallest absolute Gasteiger partial charge is 0.303 e. The van der Waals surface area contributed by atoms with Crippen LogP contribution in [0.4, 0.5) is 0 Å². The minimum absolute atomic E-state index is 0.210. The van der Waals surface area contributed by atoms with Crippen molar-refractivity contribution < 1.29 is 20.1 Å². The first-order chi connectivity index (χ1) is 11.6. The molecular weight excluding hydrogens is 304 g/mol. The van der Waals surface area contributed by atoms with Crippen LogP contribution in [0, 0.1) is 0 Å². The molecule has 0 aromatic rings. The Labute approximate surface area is 145 Å². The van der Waals surface area contributed by atoms with E-state index in [0.29, 0.717) is 19.3 Å². The van der Waals surface area contributed by atoms with E-state index in [9.17, 15) is 15.0 Å². The summed E-state index contributed by atoms with van der Waals surface area (Å²) in [6.07, 6.45) is 21.3. The van der Waals surface area contributed by atoms with E-state index in [1.165, 1.54) is 0 Å². The number of aliphatic hydroxyl groups excluding tert-OH is 2. The monoisotopic (exact) mass is 334 g/mol. The number of rotatable bonds is 13. The van der Waals surface area contributed by atoms with E-state index >= 15 is 0 Å². The lowest BCUT2D eigenvalue weighted by atomic mass is 10.2. The van der Waals surface area contributed by atoms with Gasteiger partial charge in [0.15, 0.2) is 0 Å². The Morgan fingerprint density at radius 3 is 2.17 bits per heavy atom. The van der Waals surface area contributed by atoms with Gasteiger partial charge in [0.25, 0.3) is 0 Å². The molecular formula is C20H30O4. The molecule has 24 heavy (non-hydrogen) atoms. The molecule has 0 saturated heterocycles. The number of unbranched alkanes of at least 4 members (excludes halogenated alkanes) is 1. The Kier molecular flexibility index (Phi) is 14.7. The average molecular weight is 334 g/mol. The molecule has 4 nitrogen and oxygen atoms in total. The molecule has 0 amide bonds. The molecule has 0 rings (SSSR count). The van der Waals surface area contributed by atoms with Crippen molar-refractivity contribution in [3.8, 4) is 0 Å². The highest BCUT2D eigenvalue weighted by molar-refractivity contribution is 5.66. The molecule has 0 aliphatic heterocycles. The second-order valence-electron chi connectivity index (χ2n) is 5.40. The Bertz CT molecular complexity index is 458. The standard InChI is InChI=1S/C20H30O4/c1-2-18(21)14-10-8-9-12-16-19(22)15-11-6-4-3-5-7-13-17-20(23)24/h3,5-6,8-12,14,16,18-19,21-22H,2,4,7,13,15,17H2,1H3,(H,23,24)/b5-3-,9-8-,11-6-,14-10+,16-12+/t18-,19-/m1/s1. The lowest BCUT2D eigenvalue weighted by molar-refractivity contribution is -0.137. The highest BCUT2D eigenvalue weighted by atomic mass is 16.4. The van der Waals surface area contributed by atoms with Gasteiger partial charge in [0, 0.05) is 6.42 Å². The summed E-state index contributed by atoms with van der Waals surface area (Å²) in [4.78, 5) is 10.3. The summed E-state index contributed by atoms with van der Waals surface area (Å²) in [7, 11) is 0. The van der Waals surface area contributed by atoms with Gasteiger partial charge in [-0.15, -0.1) is 0 Å². The van der Waals surface area contributed by atoms with Crippen molar-refractivity contribution in [3.63, 3.8) is 0 Å². The zero-order valence-electron chi connectivity index (χ0n) is 14.4. The second-order valence-corrected chi connectivity index (χ2v) is 5.40. The second kappa shape index (κ2) is 16.0. The summed E-state index contributed by atoms with van der Waals surface area (Å²) in [5.41, 5.74) is 0. The van der Waals surface area contributed by atoms with Gasteiger partial charge in [-0.25, -0.2) is 0 Å². The fraction of sp³-hybridized carbons (Fsp3) is 0.450. The van der Waals surface area contributed by atoms with Gasteiger partial charge in [0.05, 0.1) is 12.2 Å². The normalized spacial score (nSPS) is 15.5. The van der Waals surface area contributed by atoms with Crippen molar-refractivity contribution in [1.29, 1.82) is 0 Å². The van der Waals surface area contributed by atoms with Crippen molar-refractivity contribution in [2.75, 3.05) is 0 Å². The summed E-state index contributed by atoms with van der Waals surface area (Å²) in [6, 6.07) is 0. The maximum Gasteiger partial charge on any atom is 0.303 e. The molecule has 4 heteroatoms. The van der Waals surface area contributed by atoms with E-state index < -0.39 is 18.2 Å². The molecule has 0 fully saturated rings. The van der Waals surface area contributed by atoms with Crippen LogP contribution in [0.5, 0.6) is 0 Å². The average Bonchev–Trinajstić information content (AvgIpc) is 2.55. The number of carboxylic acid groups (broad SMARTS) is 1. The van der Waals surface area contributed by atoms with Gasteiger partial charge in [-0.2, -0.15) is 0 Å². The number of aliphatic hydroxyl groups is 2. The van der Waals surface area contributed by atoms with Gasteiger partial charge in [-0.05, 0) is 32.1 Å². The van der Waals surface area contributed by atoms with Crippen molar-refractivity contribution in [1.82, 2.24) is 0 Å². The molecule has 0 unspecified atom stereocenters. The SMILES string of the molecule is CC[C@@H](O)/C=C/C=C\C=C\[C@H](O)C/C=C\C/C=C\CCCC(=O)O. The summed E-state index contributed by atoms with van der Waals surface area (Å²) < 4.78 is 0. The van der Waals surface area contributed by atoms with Crippen LogP contribution in [-0.4, -0.2) is 33.5 Å². The lowest BCUT2D eigenvalue weighted by Crippen LogP contribution is -1.98. The Morgan fingerprint density at radius 1 is 0.917 bits per heavy atom. The van der Waals surface area contributed by atoms with Gasteiger partial charge >= 0.3 is 5.97 Å². The molecule has 0 aliphatic rings. The largest absolute Gasteiger partial charge is 0.481 e. The van der Waals surface area contributed by atoms with E-state index in [4.69, 9.17) is 5.11 Å². The summed E-state index contributed by atoms with van der Waals surface area (Å²) in [5, 5.41) is 27.6. The Hall–Kier alpha value is -1.91. The fourth-order valence-corrected chi connectivity index (χ4v) is 1.72. The molecule has 0 aromatic heterocycles. The Morgan fingerprint density at radius 2 is 1.54 bits per heavy atom. The van der Waals surface area contributed by atoms with Crippen LogP contribution in [0.3, 0.4) is 0 Å². The molecule has 0 heterocycles. The Balaban J connectivity index is 3.77. The topological polar surface area (TPSA) is 77.8 Å². The minimum atomic E-state index is -0.755. The van der Waals surface area contributed by atoms with Crippen LogP contribution in [0.25, 0.3) is 0 Å². The first kappa shape index (κ1) is 22.1.